The highest BCUT2D eigenvalue weighted by Crippen LogP contribution is 2.39. The fourth-order valence-corrected chi connectivity index (χ4v) is 5.87. The van der Waals surface area contributed by atoms with Crippen molar-refractivity contribution in [3.8, 4) is 17.1 Å². The third-order valence-electron chi connectivity index (χ3n) is 5.31. The van der Waals surface area contributed by atoms with Crippen LogP contribution in [0.1, 0.15) is 16.9 Å². The number of thioether (sulfide) groups is 1. The number of hydrogen-bond acceptors (Lipinski definition) is 8. The van der Waals surface area contributed by atoms with Gasteiger partial charge in [-0.05, 0) is 37.0 Å². The van der Waals surface area contributed by atoms with Crippen LogP contribution in [0.4, 0.5) is 5.82 Å². The number of thiophene rings is 1. The average Bonchev–Trinajstić information content (AvgIpc) is 3.46. The lowest BCUT2D eigenvalue weighted by Gasteiger charge is -2.09. The number of methoxy groups -OCH3 is 1. The SMILES string of the molecule is COc1ccccc1-c1nnc(SCCNc2ncnc3sc4c(c23)CCC4)n1C. The van der Waals surface area contributed by atoms with Gasteiger partial charge in [0.1, 0.15) is 22.7 Å². The molecule has 0 aliphatic heterocycles. The summed E-state index contributed by atoms with van der Waals surface area (Å²) in [7, 11) is 3.66. The highest BCUT2D eigenvalue weighted by atomic mass is 32.2. The number of nitrogens with one attached hydrogen (secondary N) is 1. The van der Waals surface area contributed by atoms with E-state index in [0.717, 1.165) is 51.7 Å². The highest BCUT2D eigenvalue weighted by Gasteiger charge is 2.21. The first-order chi connectivity index (χ1) is 14.8. The van der Waals surface area contributed by atoms with Gasteiger partial charge in [-0.2, -0.15) is 0 Å². The minimum Gasteiger partial charge on any atom is -0.496 e. The number of aryl methyl sites for hydroxylation is 2. The summed E-state index contributed by atoms with van der Waals surface area (Å²) in [5.41, 5.74) is 2.38. The van der Waals surface area contributed by atoms with Gasteiger partial charge in [0, 0.05) is 24.2 Å². The van der Waals surface area contributed by atoms with Crippen molar-refractivity contribution in [1.82, 2.24) is 24.7 Å². The fraction of sp³-hybridized carbons (Fsp3) is 0.333. The van der Waals surface area contributed by atoms with Gasteiger partial charge in [0.25, 0.3) is 0 Å². The number of fused-ring (bicyclic) bond motifs is 3. The lowest BCUT2D eigenvalue weighted by Crippen LogP contribution is -2.07. The normalized spacial score (nSPS) is 13.0. The first kappa shape index (κ1) is 19.3. The molecule has 1 aromatic carbocycles. The van der Waals surface area contributed by atoms with Crippen molar-refractivity contribution in [2.24, 2.45) is 7.05 Å². The summed E-state index contributed by atoms with van der Waals surface area (Å²) >= 11 is 3.49. The molecule has 1 aliphatic carbocycles. The van der Waals surface area contributed by atoms with Crippen LogP contribution < -0.4 is 10.1 Å². The van der Waals surface area contributed by atoms with E-state index in [9.17, 15) is 0 Å². The first-order valence-electron chi connectivity index (χ1n) is 9.91. The Hall–Kier alpha value is -2.65. The molecule has 0 fully saturated rings. The van der Waals surface area contributed by atoms with Gasteiger partial charge in [0.2, 0.25) is 0 Å². The van der Waals surface area contributed by atoms with Crippen molar-refractivity contribution in [3.63, 3.8) is 0 Å². The Labute approximate surface area is 182 Å². The smallest absolute Gasteiger partial charge is 0.191 e. The summed E-state index contributed by atoms with van der Waals surface area (Å²) in [4.78, 5) is 11.6. The van der Waals surface area contributed by atoms with Crippen LogP contribution in [0.5, 0.6) is 5.75 Å². The molecule has 1 aliphatic rings. The van der Waals surface area contributed by atoms with E-state index >= 15 is 0 Å². The van der Waals surface area contributed by atoms with E-state index in [2.05, 4.69) is 25.5 Å². The number of benzene rings is 1. The van der Waals surface area contributed by atoms with E-state index in [1.807, 2.05) is 47.2 Å². The third-order valence-corrected chi connectivity index (χ3v) is 7.53. The molecule has 9 heteroatoms. The molecule has 1 N–H and O–H groups in total. The van der Waals surface area contributed by atoms with E-state index in [0.29, 0.717) is 0 Å². The van der Waals surface area contributed by atoms with Crippen molar-refractivity contribution in [2.45, 2.75) is 24.4 Å². The standard InChI is InChI=1S/C21H22N6OS2/c1-27-19(13-6-3-4-8-15(13)28-2)25-26-21(27)29-11-10-22-18-17-14-7-5-9-16(14)30-20(17)24-12-23-18/h3-4,6,8,12H,5,7,9-11H2,1-2H3,(H,22,23,24). The Bertz CT molecular complexity index is 1200. The van der Waals surface area contributed by atoms with E-state index in [1.165, 1.54) is 28.7 Å². The van der Waals surface area contributed by atoms with Gasteiger partial charge in [-0.3, -0.25) is 0 Å². The summed E-state index contributed by atoms with van der Waals surface area (Å²) in [6, 6.07) is 7.86. The quantitative estimate of drug-likeness (QED) is 0.342. The Morgan fingerprint density at radius 1 is 1.20 bits per heavy atom. The Balaban J connectivity index is 1.26. The molecule has 0 atom stereocenters. The van der Waals surface area contributed by atoms with Gasteiger partial charge in [-0.25, -0.2) is 9.97 Å². The molecule has 0 saturated carbocycles. The topological polar surface area (TPSA) is 77.8 Å². The molecule has 0 bridgehead atoms. The van der Waals surface area contributed by atoms with Crippen molar-refractivity contribution in [2.75, 3.05) is 24.7 Å². The van der Waals surface area contributed by atoms with Crippen molar-refractivity contribution in [3.05, 3.63) is 41.0 Å². The van der Waals surface area contributed by atoms with E-state index in [1.54, 1.807) is 25.2 Å². The van der Waals surface area contributed by atoms with Gasteiger partial charge < -0.3 is 14.6 Å². The molecule has 154 valence electrons. The van der Waals surface area contributed by atoms with Crippen LogP contribution in [0.15, 0.2) is 35.7 Å². The van der Waals surface area contributed by atoms with Gasteiger partial charge in [-0.1, -0.05) is 23.9 Å². The van der Waals surface area contributed by atoms with Crippen LogP contribution in [0, 0.1) is 0 Å². The second-order valence-corrected chi connectivity index (χ2v) is 9.25. The maximum absolute atomic E-state index is 5.46. The maximum Gasteiger partial charge on any atom is 0.191 e. The number of aromatic nitrogens is 5. The number of para-hydroxylation sites is 1. The fourth-order valence-electron chi connectivity index (χ4n) is 3.88. The molecule has 7 nitrogen and oxygen atoms in total. The third kappa shape index (κ3) is 3.41. The van der Waals surface area contributed by atoms with Gasteiger partial charge >= 0.3 is 0 Å². The van der Waals surface area contributed by atoms with E-state index in [-0.39, 0.29) is 0 Å². The lowest BCUT2D eigenvalue weighted by molar-refractivity contribution is 0.416. The van der Waals surface area contributed by atoms with Crippen LogP contribution in [-0.2, 0) is 19.9 Å². The number of nitrogens with zero attached hydrogens (tertiary/aromatic N) is 5. The molecule has 4 aromatic rings. The molecule has 30 heavy (non-hydrogen) atoms. The second kappa shape index (κ2) is 8.23. The Morgan fingerprint density at radius 3 is 3.00 bits per heavy atom. The summed E-state index contributed by atoms with van der Waals surface area (Å²) in [6.07, 6.45) is 5.21. The number of rotatable bonds is 7. The summed E-state index contributed by atoms with van der Waals surface area (Å²) in [5, 5.41) is 14.4. The molecule has 0 saturated heterocycles. The zero-order valence-electron chi connectivity index (χ0n) is 16.9. The molecule has 0 spiro atoms. The van der Waals surface area contributed by atoms with Crippen molar-refractivity contribution < 1.29 is 4.74 Å². The second-order valence-electron chi connectivity index (χ2n) is 7.10. The van der Waals surface area contributed by atoms with Gasteiger partial charge in [-0.15, -0.1) is 21.5 Å². The van der Waals surface area contributed by atoms with Crippen molar-refractivity contribution in [1.29, 1.82) is 0 Å². The molecular weight excluding hydrogens is 416 g/mol. The molecule has 5 rings (SSSR count). The summed E-state index contributed by atoms with van der Waals surface area (Å²) in [5.74, 6) is 3.40. The van der Waals surface area contributed by atoms with E-state index < -0.39 is 0 Å². The summed E-state index contributed by atoms with van der Waals surface area (Å²) in [6.45, 7) is 0.790. The van der Waals surface area contributed by atoms with Crippen LogP contribution in [0.3, 0.4) is 0 Å². The molecule has 3 aromatic heterocycles. The molecule has 3 heterocycles. The lowest BCUT2D eigenvalue weighted by atomic mass is 10.2. The number of hydrogen-bond donors (Lipinski definition) is 1. The Kier molecular flexibility index (Phi) is 5.30. The number of anilines is 1. The average molecular weight is 439 g/mol. The highest BCUT2D eigenvalue weighted by molar-refractivity contribution is 7.99. The van der Waals surface area contributed by atoms with Crippen molar-refractivity contribution >= 4 is 39.1 Å². The largest absolute Gasteiger partial charge is 0.496 e. The predicted octanol–water partition coefficient (Wildman–Crippen LogP) is 4.19. The van der Waals surface area contributed by atoms with Crippen LogP contribution in [0.25, 0.3) is 21.6 Å². The zero-order chi connectivity index (χ0) is 20.5. The molecular formula is C21H22N6OS2. The maximum atomic E-state index is 5.46. The van der Waals surface area contributed by atoms with Crippen LogP contribution in [0.2, 0.25) is 0 Å². The molecule has 0 radical (unpaired) electrons. The van der Waals surface area contributed by atoms with Gasteiger partial charge in [0.05, 0.1) is 18.1 Å². The number of ether oxygens (including phenoxy) is 1. The summed E-state index contributed by atoms with van der Waals surface area (Å²) < 4.78 is 7.47. The predicted molar refractivity (Wildman–Crippen MR) is 122 cm³/mol. The molecule has 0 amide bonds. The minimum absolute atomic E-state index is 0.790. The van der Waals surface area contributed by atoms with Crippen LogP contribution >= 0.6 is 23.1 Å². The molecule has 0 unspecified atom stereocenters. The monoisotopic (exact) mass is 438 g/mol. The zero-order valence-corrected chi connectivity index (χ0v) is 18.5. The van der Waals surface area contributed by atoms with E-state index in [4.69, 9.17) is 4.74 Å². The first-order valence-corrected chi connectivity index (χ1v) is 11.7. The Morgan fingerprint density at radius 2 is 2.10 bits per heavy atom. The van der Waals surface area contributed by atoms with Crippen LogP contribution in [-0.4, -0.2) is 44.1 Å². The van der Waals surface area contributed by atoms with Gasteiger partial charge in [0.15, 0.2) is 11.0 Å². The minimum atomic E-state index is 0.790.